The van der Waals surface area contributed by atoms with Crippen molar-refractivity contribution in [1.82, 2.24) is 0 Å². The lowest BCUT2D eigenvalue weighted by Gasteiger charge is -2.09. The van der Waals surface area contributed by atoms with Gasteiger partial charge in [-0.1, -0.05) is 30.3 Å². The van der Waals surface area contributed by atoms with Crippen LogP contribution in [0.1, 0.15) is 11.3 Å². The van der Waals surface area contributed by atoms with Gasteiger partial charge in [0.1, 0.15) is 18.1 Å². The molecule has 5 heteroatoms. The number of aromatic amines is 1. The lowest BCUT2D eigenvalue weighted by Crippen LogP contribution is -2.28. The van der Waals surface area contributed by atoms with E-state index in [-0.39, 0.29) is 6.42 Å². The minimum Gasteiger partial charge on any atom is -0.550 e. The van der Waals surface area contributed by atoms with Crippen LogP contribution < -0.4 is 19.6 Å². The number of carbonyl (C=O) groups excluding carboxylic acids is 1. The molecule has 0 aliphatic heterocycles. The number of aromatic nitrogens is 1. The number of rotatable bonds is 6. The van der Waals surface area contributed by atoms with Crippen molar-refractivity contribution in [3.8, 4) is 11.5 Å². The molecule has 0 saturated heterocycles. The van der Waals surface area contributed by atoms with E-state index in [1.165, 1.54) is 0 Å². The molecular weight excluding hydrogens is 306 g/mol. The highest BCUT2D eigenvalue weighted by Gasteiger charge is 2.13. The normalized spacial score (nSPS) is 10.5. The van der Waals surface area contributed by atoms with Gasteiger partial charge < -0.3 is 19.4 Å². The Labute approximate surface area is 139 Å². The summed E-state index contributed by atoms with van der Waals surface area (Å²) in [5.41, 5.74) is 2.38. The zero-order valence-electron chi connectivity index (χ0n) is 13.2. The number of H-pyrrole nitrogens is 1. The van der Waals surface area contributed by atoms with Gasteiger partial charge in [0, 0.05) is 12.1 Å². The minimum atomic E-state index is -1.14. The molecule has 0 saturated carbocycles. The van der Waals surface area contributed by atoms with Crippen LogP contribution >= 0.6 is 0 Å². The molecule has 0 fully saturated rings. The van der Waals surface area contributed by atoms with Gasteiger partial charge in [0.25, 0.3) is 0 Å². The quantitative estimate of drug-likeness (QED) is 0.690. The first-order valence-corrected chi connectivity index (χ1v) is 7.55. The van der Waals surface area contributed by atoms with Crippen LogP contribution in [-0.4, -0.2) is 13.1 Å². The molecule has 122 valence electrons. The van der Waals surface area contributed by atoms with Crippen LogP contribution in [0.5, 0.6) is 11.5 Å². The van der Waals surface area contributed by atoms with E-state index in [9.17, 15) is 9.90 Å². The Morgan fingerprint density at radius 1 is 1.12 bits per heavy atom. The van der Waals surface area contributed by atoms with Crippen molar-refractivity contribution < 1.29 is 24.4 Å². The number of pyridine rings is 1. The number of hydrogen-bond donors (Lipinski definition) is 0. The molecule has 2 aromatic carbocycles. The molecule has 3 aromatic rings. The first kappa shape index (κ1) is 15.8. The lowest BCUT2D eigenvalue weighted by molar-refractivity contribution is -0.362. The Morgan fingerprint density at radius 2 is 1.92 bits per heavy atom. The fraction of sp³-hybridized carbons (Fsp3) is 0.158. The van der Waals surface area contributed by atoms with Crippen LogP contribution in [0.25, 0.3) is 10.9 Å². The predicted molar refractivity (Wildman–Crippen MR) is 86.5 cm³/mol. The minimum absolute atomic E-state index is 0.196. The van der Waals surface area contributed by atoms with E-state index in [2.05, 4.69) is 4.98 Å². The van der Waals surface area contributed by atoms with E-state index in [0.29, 0.717) is 23.8 Å². The zero-order valence-corrected chi connectivity index (χ0v) is 13.2. The van der Waals surface area contributed by atoms with Gasteiger partial charge in [-0.05, 0) is 17.7 Å². The maximum Gasteiger partial charge on any atom is 0.215 e. The highest BCUT2D eigenvalue weighted by Crippen LogP contribution is 2.27. The topological polar surface area (TPSA) is 72.7 Å². The SMILES string of the molecule is COc1cc(CC(=O)[O-])[nH+]c2ccc(OCc3ccccc3)cc12. The van der Waals surface area contributed by atoms with Crippen molar-refractivity contribution in [3.05, 3.63) is 65.9 Å². The zero-order chi connectivity index (χ0) is 16.9. The monoisotopic (exact) mass is 323 g/mol. The summed E-state index contributed by atoms with van der Waals surface area (Å²) >= 11 is 0. The fourth-order valence-electron chi connectivity index (χ4n) is 2.53. The van der Waals surface area contributed by atoms with Gasteiger partial charge in [0.15, 0.2) is 5.69 Å². The fourth-order valence-corrected chi connectivity index (χ4v) is 2.53. The number of carboxylic acids is 1. The Hall–Kier alpha value is -3.08. The molecule has 1 aromatic heterocycles. The Balaban J connectivity index is 1.88. The summed E-state index contributed by atoms with van der Waals surface area (Å²) < 4.78 is 11.2. The molecular formula is C19H17NO4. The summed E-state index contributed by atoms with van der Waals surface area (Å²) in [6.45, 7) is 0.473. The van der Waals surface area contributed by atoms with Gasteiger partial charge in [-0.2, -0.15) is 0 Å². The number of ether oxygens (including phenoxy) is 2. The Kier molecular flexibility index (Phi) is 4.61. The van der Waals surface area contributed by atoms with E-state index in [1.54, 1.807) is 13.2 Å². The number of nitrogens with one attached hydrogen (secondary N) is 1. The van der Waals surface area contributed by atoms with E-state index in [4.69, 9.17) is 9.47 Å². The van der Waals surface area contributed by atoms with Crippen LogP contribution in [0.15, 0.2) is 54.6 Å². The van der Waals surface area contributed by atoms with Crippen molar-refractivity contribution in [1.29, 1.82) is 0 Å². The van der Waals surface area contributed by atoms with Crippen LogP contribution in [0.2, 0.25) is 0 Å². The molecule has 0 amide bonds. The standard InChI is InChI=1S/C19H17NO4/c1-23-18-9-14(10-19(21)22)20-17-8-7-15(11-16(17)18)24-12-13-5-3-2-4-6-13/h2-9,11H,10,12H2,1H3,(H,21,22). The van der Waals surface area contributed by atoms with Crippen molar-refractivity contribution in [2.75, 3.05) is 7.11 Å². The molecule has 5 nitrogen and oxygen atoms in total. The van der Waals surface area contributed by atoms with Gasteiger partial charge in [0.2, 0.25) is 5.52 Å². The summed E-state index contributed by atoms with van der Waals surface area (Å²) in [5.74, 6) is 0.159. The maximum absolute atomic E-state index is 10.8. The summed E-state index contributed by atoms with van der Waals surface area (Å²) in [5, 5.41) is 11.6. The smallest absolute Gasteiger partial charge is 0.215 e. The molecule has 0 unspecified atom stereocenters. The first-order chi connectivity index (χ1) is 11.7. The van der Waals surface area contributed by atoms with Crippen molar-refractivity contribution in [3.63, 3.8) is 0 Å². The summed E-state index contributed by atoms with van der Waals surface area (Å²) in [4.78, 5) is 13.9. The molecule has 0 spiro atoms. The molecule has 0 aliphatic carbocycles. The van der Waals surface area contributed by atoms with Gasteiger partial charge in [-0.15, -0.1) is 0 Å². The average Bonchev–Trinajstić information content (AvgIpc) is 2.59. The van der Waals surface area contributed by atoms with Crippen molar-refractivity contribution >= 4 is 16.9 Å². The van der Waals surface area contributed by atoms with Gasteiger partial charge in [-0.3, -0.25) is 0 Å². The first-order valence-electron chi connectivity index (χ1n) is 7.55. The van der Waals surface area contributed by atoms with Crippen LogP contribution in [0.3, 0.4) is 0 Å². The van der Waals surface area contributed by atoms with E-state index >= 15 is 0 Å². The molecule has 24 heavy (non-hydrogen) atoms. The number of benzene rings is 2. The van der Waals surface area contributed by atoms with Crippen LogP contribution in [0, 0.1) is 0 Å². The molecule has 0 aliphatic rings. The number of methoxy groups -OCH3 is 1. The van der Waals surface area contributed by atoms with E-state index in [0.717, 1.165) is 16.5 Å². The third-order valence-corrected chi connectivity index (χ3v) is 3.66. The average molecular weight is 323 g/mol. The number of carboxylic acid groups (broad SMARTS) is 1. The molecule has 0 radical (unpaired) electrons. The highest BCUT2D eigenvalue weighted by molar-refractivity contribution is 5.84. The molecule has 0 bridgehead atoms. The Morgan fingerprint density at radius 3 is 2.62 bits per heavy atom. The Bertz CT molecular complexity index is 862. The van der Waals surface area contributed by atoms with Crippen molar-refractivity contribution in [2.45, 2.75) is 13.0 Å². The third-order valence-electron chi connectivity index (χ3n) is 3.66. The number of fused-ring (bicyclic) bond motifs is 1. The second kappa shape index (κ2) is 7.00. The number of hydrogen-bond acceptors (Lipinski definition) is 4. The largest absolute Gasteiger partial charge is 0.550 e. The number of aliphatic carboxylic acids is 1. The second-order valence-electron chi connectivity index (χ2n) is 5.39. The highest BCUT2D eigenvalue weighted by atomic mass is 16.5. The van der Waals surface area contributed by atoms with E-state index < -0.39 is 5.97 Å². The summed E-state index contributed by atoms with van der Waals surface area (Å²) in [7, 11) is 1.55. The van der Waals surface area contributed by atoms with Gasteiger partial charge in [0.05, 0.1) is 24.9 Å². The number of carbonyl (C=O) groups is 1. The third kappa shape index (κ3) is 3.63. The summed E-state index contributed by atoms with van der Waals surface area (Å²) in [6.07, 6.45) is -0.196. The van der Waals surface area contributed by atoms with Gasteiger partial charge >= 0.3 is 0 Å². The van der Waals surface area contributed by atoms with Crippen LogP contribution in [-0.2, 0) is 17.8 Å². The summed E-state index contributed by atoms with van der Waals surface area (Å²) in [6, 6.07) is 17.1. The van der Waals surface area contributed by atoms with Crippen LogP contribution in [0.4, 0.5) is 0 Å². The van der Waals surface area contributed by atoms with Gasteiger partial charge in [-0.25, -0.2) is 4.98 Å². The molecule has 1 N–H and O–H groups in total. The molecule has 1 heterocycles. The lowest BCUT2D eigenvalue weighted by atomic mass is 10.1. The molecule has 3 rings (SSSR count). The maximum atomic E-state index is 10.8. The predicted octanol–water partition coefficient (Wildman–Crippen LogP) is 1.53. The van der Waals surface area contributed by atoms with E-state index in [1.807, 2.05) is 48.5 Å². The molecule has 0 atom stereocenters. The van der Waals surface area contributed by atoms with Crippen molar-refractivity contribution in [2.24, 2.45) is 0 Å². The second-order valence-corrected chi connectivity index (χ2v) is 5.39.